The van der Waals surface area contributed by atoms with Crippen molar-refractivity contribution in [2.75, 3.05) is 38.1 Å². The first kappa shape index (κ1) is 16.7. The highest BCUT2D eigenvalue weighted by molar-refractivity contribution is 6.13. The van der Waals surface area contributed by atoms with Crippen molar-refractivity contribution in [2.45, 2.75) is 6.42 Å². The molecule has 132 valence electrons. The van der Waals surface area contributed by atoms with E-state index in [1.54, 1.807) is 12.3 Å². The molecule has 1 aromatic heterocycles. The van der Waals surface area contributed by atoms with E-state index in [9.17, 15) is 14.4 Å². The zero-order valence-corrected chi connectivity index (χ0v) is 13.7. The van der Waals surface area contributed by atoms with Crippen LogP contribution in [0.25, 0.3) is 6.08 Å². The summed E-state index contributed by atoms with van der Waals surface area (Å²) in [5.41, 5.74) is 0.707. The molecule has 2 fully saturated rings. The lowest BCUT2D eigenvalue weighted by atomic mass is 10.3. The van der Waals surface area contributed by atoms with Crippen molar-refractivity contribution in [2.24, 2.45) is 0 Å². The van der Waals surface area contributed by atoms with Crippen LogP contribution in [0.3, 0.4) is 0 Å². The summed E-state index contributed by atoms with van der Waals surface area (Å²) >= 11 is 0. The minimum absolute atomic E-state index is 0.211. The molecule has 0 atom stereocenters. The van der Waals surface area contributed by atoms with E-state index >= 15 is 0 Å². The van der Waals surface area contributed by atoms with Crippen molar-refractivity contribution >= 4 is 30.1 Å². The van der Waals surface area contributed by atoms with Crippen LogP contribution in [-0.4, -0.2) is 76.1 Å². The van der Waals surface area contributed by atoms with Crippen LogP contribution in [0.2, 0.25) is 0 Å². The molecule has 10 heteroatoms. The van der Waals surface area contributed by atoms with Gasteiger partial charge in [0.1, 0.15) is 5.70 Å². The lowest BCUT2D eigenvalue weighted by Gasteiger charge is -2.20. The van der Waals surface area contributed by atoms with Crippen molar-refractivity contribution in [1.29, 1.82) is 0 Å². The molecule has 0 aromatic carbocycles. The number of anilines is 1. The summed E-state index contributed by atoms with van der Waals surface area (Å²) in [6.07, 6.45) is 2.85. The fourth-order valence-electron chi connectivity index (χ4n) is 2.71. The van der Waals surface area contributed by atoms with Crippen LogP contribution in [0.5, 0.6) is 0 Å². The van der Waals surface area contributed by atoms with Crippen molar-refractivity contribution in [3.05, 3.63) is 23.7 Å². The van der Waals surface area contributed by atoms with E-state index in [0.29, 0.717) is 44.2 Å². The lowest BCUT2D eigenvalue weighted by Crippen LogP contribution is -2.34. The maximum atomic E-state index is 11.8. The molecular formula is C15H18N6O4. The van der Waals surface area contributed by atoms with Crippen LogP contribution < -0.4 is 10.2 Å². The highest BCUT2D eigenvalue weighted by Gasteiger charge is 2.29. The van der Waals surface area contributed by atoms with Crippen LogP contribution in [0.15, 0.2) is 18.0 Å². The topological polar surface area (TPSA) is 119 Å². The van der Waals surface area contributed by atoms with Crippen molar-refractivity contribution < 1.29 is 19.5 Å². The first-order valence-corrected chi connectivity index (χ1v) is 7.82. The average molecular weight is 346 g/mol. The summed E-state index contributed by atoms with van der Waals surface area (Å²) in [7, 11) is 1.50. The molecule has 0 aliphatic carbocycles. The van der Waals surface area contributed by atoms with E-state index in [4.69, 9.17) is 5.11 Å². The molecule has 25 heavy (non-hydrogen) atoms. The standard InChI is InChI=1S/C15H18N6O4/c1-19-11(12(22)18-14(19)23)9-10-3-4-16-13(17-10)20-5-2-6-21(8-7-20)15(24)25/h3-4,9H,2,5-8H2,1H3,(H,24,25)(H,18,22,23). The molecule has 0 radical (unpaired) electrons. The van der Waals surface area contributed by atoms with Gasteiger partial charge in [0.15, 0.2) is 0 Å². The highest BCUT2D eigenvalue weighted by Crippen LogP contribution is 2.16. The molecule has 2 N–H and O–H groups in total. The van der Waals surface area contributed by atoms with Gasteiger partial charge in [0.2, 0.25) is 5.95 Å². The molecule has 4 amide bonds. The van der Waals surface area contributed by atoms with Crippen molar-refractivity contribution in [1.82, 2.24) is 25.1 Å². The molecule has 2 saturated heterocycles. The van der Waals surface area contributed by atoms with Gasteiger partial charge in [0, 0.05) is 39.4 Å². The number of imide groups is 1. The largest absolute Gasteiger partial charge is 0.465 e. The molecule has 10 nitrogen and oxygen atoms in total. The first-order valence-electron chi connectivity index (χ1n) is 7.82. The quantitative estimate of drug-likeness (QED) is 0.579. The fourth-order valence-corrected chi connectivity index (χ4v) is 2.71. The Kier molecular flexibility index (Phi) is 4.50. The summed E-state index contributed by atoms with van der Waals surface area (Å²) < 4.78 is 0. The van der Waals surface area contributed by atoms with Gasteiger partial charge < -0.3 is 14.9 Å². The van der Waals surface area contributed by atoms with Crippen LogP contribution >= 0.6 is 0 Å². The van der Waals surface area contributed by atoms with Crippen LogP contribution in [0.1, 0.15) is 12.1 Å². The molecule has 0 saturated carbocycles. The van der Waals surface area contributed by atoms with Gasteiger partial charge in [-0.05, 0) is 18.6 Å². The number of hydrogen-bond acceptors (Lipinski definition) is 6. The van der Waals surface area contributed by atoms with Gasteiger partial charge >= 0.3 is 12.1 Å². The van der Waals surface area contributed by atoms with E-state index < -0.39 is 18.0 Å². The average Bonchev–Trinajstić information content (AvgIpc) is 2.78. The molecule has 0 unspecified atom stereocenters. The number of rotatable bonds is 2. The number of nitrogens with one attached hydrogen (secondary N) is 1. The van der Waals surface area contributed by atoms with Crippen molar-refractivity contribution in [3.8, 4) is 0 Å². The third-order valence-electron chi connectivity index (χ3n) is 4.12. The van der Waals surface area contributed by atoms with Gasteiger partial charge in [-0.3, -0.25) is 15.0 Å². The van der Waals surface area contributed by atoms with E-state index in [2.05, 4.69) is 15.3 Å². The third kappa shape index (κ3) is 3.52. The Labute approximate surface area is 143 Å². The minimum Gasteiger partial charge on any atom is -0.465 e. The molecule has 3 rings (SSSR count). The van der Waals surface area contributed by atoms with Gasteiger partial charge in [-0.2, -0.15) is 0 Å². The Morgan fingerprint density at radius 2 is 2.08 bits per heavy atom. The normalized spacial score (nSPS) is 20.0. The van der Waals surface area contributed by atoms with E-state index in [1.165, 1.54) is 22.9 Å². The summed E-state index contributed by atoms with van der Waals surface area (Å²) in [5.74, 6) is -0.00601. The number of nitrogens with zero attached hydrogens (tertiary/aromatic N) is 5. The van der Waals surface area contributed by atoms with Gasteiger partial charge in [-0.25, -0.2) is 19.6 Å². The maximum Gasteiger partial charge on any atom is 0.407 e. The first-order chi connectivity index (χ1) is 12.0. The van der Waals surface area contributed by atoms with Crippen LogP contribution in [0.4, 0.5) is 15.5 Å². The second-order valence-electron chi connectivity index (χ2n) is 5.74. The van der Waals surface area contributed by atoms with Gasteiger partial charge in [0.25, 0.3) is 5.91 Å². The second-order valence-corrected chi connectivity index (χ2v) is 5.74. The summed E-state index contributed by atoms with van der Waals surface area (Å²) in [5, 5.41) is 11.3. The third-order valence-corrected chi connectivity index (χ3v) is 4.12. The zero-order chi connectivity index (χ0) is 18.0. The molecule has 2 aliphatic heterocycles. The Morgan fingerprint density at radius 1 is 1.28 bits per heavy atom. The minimum atomic E-state index is -0.929. The number of carboxylic acid groups (broad SMARTS) is 1. The van der Waals surface area contributed by atoms with E-state index in [1.807, 2.05) is 4.90 Å². The van der Waals surface area contributed by atoms with Gasteiger partial charge in [0.05, 0.1) is 5.69 Å². The highest BCUT2D eigenvalue weighted by atomic mass is 16.4. The molecule has 0 bridgehead atoms. The predicted molar refractivity (Wildman–Crippen MR) is 87.7 cm³/mol. The summed E-state index contributed by atoms with van der Waals surface area (Å²) in [6, 6.07) is 1.16. The van der Waals surface area contributed by atoms with E-state index in [-0.39, 0.29) is 5.70 Å². The van der Waals surface area contributed by atoms with Gasteiger partial charge in [-0.1, -0.05) is 0 Å². The SMILES string of the molecule is CN1C(=O)NC(=O)C1=Cc1ccnc(N2CCCN(C(=O)O)CC2)n1. The van der Waals surface area contributed by atoms with Crippen LogP contribution in [-0.2, 0) is 4.79 Å². The molecule has 0 spiro atoms. The summed E-state index contributed by atoms with van der Waals surface area (Å²) in [6.45, 7) is 1.99. The summed E-state index contributed by atoms with van der Waals surface area (Å²) in [4.78, 5) is 47.5. The number of amides is 4. The van der Waals surface area contributed by atoms with E-state index in [0.717, 1.165) is 0 Å². The second kappa shape index (κ2) is 6.75. The molecule has 3 heterocycles. The number of likely N-dealkylation sites (N-methyl/N-ethyl adjacent to an activating group) is 1. The number of carbonyl (C=O) groups excluding carboxylic acids is 2. The van der Waals surface area contributed by atoms with Crippen LogP contribution in [0, 0.1) is 0 Å². The number of urea groups is 1. The zero-order valence-electron chi connectivity index (χ0n) is 13.7. The van der Waals surface area contributed by atoms with Gasteiger partial charge in [-0.15, -0.1) is 0 Å². The number of carbonyl (C=O) groups is 3. The molecule has 1 aromatic rings. The van der Waals surface area contributed by atoms with Crippen molar-refractivity contribution in [3.63, 3.8) is 0 Å². The Bertz CT molecular complexity index is 749. The lowest BCUT2D eigenvalue weighted by molar-refractivity contribution is -0.115. The number of aromatic nitrogens is 2. The monoisotopic (exact) mass is 346 g/mol. The Balaban J connectivity index is 1.79. The Morgan fingerprint density at radius 3 is 2.76 bits per heavy atom. The molecular weight excluding hydrogens is 328 g/mol. The maximum absolute atomic E-state index is 11.8. The fraction of sp³-hybridized carbons (Fsp3) is 0.400. The number of hydrogen-bond donors (Lipinski definition) is 2. The Hall–Kier alpha value is -3.17. The smallest absolute Gasteiger partial charge is 0.407 e. The predicted octanol–water partition coefficient (Wildman–Crippen LogP) is 0.189. The molecule has 2 aliphatic rings.